The maximum Gasteiger partial charge on any atom is 0.411 e. The summed E-state index contributed by atoms with van der Waals surface area (Å²) in [6.07, 6.45) is 0.858. The number of amides is 2. The van der Waals surface area contributed by atoms with Gasteiger partial charge in [-0.05, 0) is 43.7 Å². The van der Waals surface area contributed by atoms with E-state index >= 15 is 0 Å². The fraction of sp³-hybridized carbons (Fsp3) is 0.355. The highest BCUT2D eigenvalue weighted by Crippen LogP contribution is 2.28. The average Bonchev–Trinajstić information content (AvgIpc) is 3.01. The summed E-state index contributed by atoms with van der Waals surface area (Å²) in [4.78, 5) is 29.5. The predicted octanol–water partition coefficient (Wildman–Crippen LogP) is 3.89. The molecule has 3 aromatic rings. The number of sulfonamides is 1. The average molecular weight is 594 g/mol. The number of nitrogens with zero attached hydrogens (tertiary/aromatic N) is 2. The molecule has 4 rings (SSSR count). The van der Waals surface area contributed by atoms with Gasteiger partial charge in [-0.3, -0.25) is 15.0 Å². The van der Waals surface area contributed by atoms with Crippen molar-refractivity contribution in [2.24, 2.45) is 0 Å². The smallest absolute Gasteiger partial charge is 0.411 e. The second-order valence-electron chi connectivity index (χ2n) is 10.1. The summed E-state index contributed by atoms with van der Waals surface area (Å²) >= 11 is 0. The Balaban J connectivity index is 1.25. The van der Waals surface area contributed by atoms with Crippen LogP contribution in [-0.2, 0) is 19.6 Å². The van der Waals surface area contributed by atoms with E-state index in [9.17, 15) is 18.0 Å². The summed E-state index contributed by atoms with van der Waals surface area (Å²) in [5, 5.41) is 5.71. The zero-order chi connectivity index (χ0) is 29.8. The van der Waals surface area contributed by atoms with E-state index in [0.717, 1.165) is 11.1 Å². The van der Waals surface area contributed by atoms with E-state index in [1.165, 1.54) is 4.90 Å². The summed E-state index contributed by atoms with van der Waals surface area (Å²) in [5.74, 6) is -0.248. The molecule has 224 valence electrons. The van der Waals surface area contributed by atoms with Crippen molar-refractivity contribution in [2.45, 2.75) is 25.4 Å². The standard InChI is InChI=1S/C31H39N5O5S/c1-32-19-23-42(39,40)33-24-36(26-12-6-3-7-13-26)30(37)18-22-35-20-16-27(17-21-35)41-31(38)34-29-15-9-8-14-28(29)25-10-4-2-5-11-25/h2-15,27,32-33H,16-24H2,1H3,(H,34,38). The fourth-order valence-corrected chi connectivity index (χ4v) is 5.74. The summed E-state index contributed by atoms with van der Waals surface area (Å²) in [7, 11) is -1.85. The Labute approximate surface area is 248 Å². The van der Waals surface area contributed by atoms with Crippen molar-refractivity contribution in [3.8, 4) is 11.1 Å². The number of hydrogen-bond acceptors (Lipinski definition) is 7. The maximum atomic E-state index is 13.2. The molecule has 10 nitrogen and oxygen atoms in total. The SMILES string of the molecule is CNCCS(=O)(=O)NCN(C(=O)CCN1CCC(OC(=O)Nc2ccccc2-c2ccccc2)CC1)c1ccccc1. The maximum absolute atomic E-state index is 13.2. The van der Waals surface area contributed by atoms with Crippen LogP contribution in [0.2, 0.25) is 0 Å². The van der Waals surface area contributed by atoms with Crippen molar-refractivity contribution in [1.29, 1.82) is 0 Å². The van der Waals surface area contributed by atoms with E-state index in [-0.39, 0.29) is 30.9 Å². The fourth-order valence-electron chi connectivity index (χ4n) is 4.79. The van der Waals surface area contributed by atoms with E-state index in [2.05, 4.69) is 20.3 Å². The number of likely N-dealkylation sites (tertiary alicyclic amines) is 1. The molecule has 3 aromatic carbocycles. The lowest BCUT2D eigenvalue weighted by Gasteiger charge is -2.32. The summed E-state index contributed by atoms with van der Waals surface area (Å²) in [6.45, 7) is 2.09. The van der Waals surface area contributed by atoms with Crippen LogP contribution in [0.1, 0.15) is 19.3 Å². The minimum absolute atomic E-state index is 0.0745. The number of piperidine rings is 1. The topological polar surface area (TPSA) is 120 Å². The Bertz CT molecular complexity index is 1400. The minimum Gasteiger partial charge on any atom is -0.446 e. The van der Waals surface area contributed by atoms with Crippen LogP contribution in [0, 0.1) is 0 Å². The van der Waals surface area contributed by atoms with Gasteiger partial charge in [-0.25, -0.2) is 13.2 Å². The van der Waals surface area contributed by atoms with Crippen LogP contribution in [0.15, 0.2) is 84.9 Å². The van der Waals surface area contributed by atoms with Gasteiger partial charge in [-0.2, -0.15) is 4.72 Å². The van der Waals surface area contributed by atoms with Crippen LogP contribution < -0.4 is 20.3 Å². The zero-order valence-electron chi connectivity index (χ0n) is 23.9. The molecule has 0 atom stereocenters. The van der Waals surface area contributed by atoms with Crippen LogP contribution in [0.5, 0.6) is 0 Å². The Morgan fingerprint density at radius 2 is 1.57 bits per heavy atom. The quantitative estimate of drug-likeness (QED) is 0.257. The van der Waals surface area contributed by atoms with Crippen LogP contribution >= 0.6 is 0 Å². The number of benzene rings is 3. The molecule has 1 aliphatic rings. The van der Waals surface area contributed by atoms with Crippen molar-refractivity contribution in [3.05, 3.63) is 84.9 Å². The molecule has 0 bridgehead atoms. The summed E-state index contributed by atoms with van der Waals surface area (Å²) in [5.41, 5.74) is 3.25. The van der Waals surface area contributed by atoms with E-state index < -0.39 is 16.1 Å². The lowest BCUT2D eigenvalue weighted by atomic mass is 10.0. The van der Waals surface area contributed by atoms with Gasteiger partial charge in [-0.1, -0.05) is 66.7 Å². The molecule has 0 saturated carbocycles. The Hall–Kier alpha value is -3.77. The van der Waals surface area contributed by atoms with E-state index in [1.807, 2.05) is 72.8 Å². The Morgan fingerprint density at radius 1 is 0.929 bits per heavy atom. The van der Waals surface area contributed by atoms with Crippen LogP contribution in [0.4, 0.5) is 16.2 Å². The van der Waals surface area contributed by atoms with Gasteiger partial charge in [0.1, 0.15) is 6.10 Å². The first-order valence-electron chi connectivity index (χ1n) is 14.2. The highest BCUT2D eigenvalue weighted by atomic mass is 32.2. The number of anilines is 2. The van der Waals surface area contributed by atoms with Gasteiger partial charge in [-0.15, -0.1) is 0 Å². The number of nitrogens with one attached hydrogen (secondary N) is 3. The first-order valence-corrected chi connectivity index (χ1v) is 15.8. The van der Waals surface area contributed by atoms with Gasteiger partial charge in [0.2, 0.25) is 15.9 Å². The molecular formula is C31H39N5O5S. The van der Waals surface area contributed by atoms with Crippen molar-refractivity contribution >= 4 is 33.4 Å². The molecule has 3 N–H and O–H groups in total. The Morgan fingerprint density at radius 3 is 2.26 bits per heavy atom. The molecule has 11 heteroatoms. The number of hydrogen-bond donors (Lipinski definition) is 3. The largest absolute Gasteiger partial charge is 0.446 e. The lowest BCUT2D eigenvalue weighted by Crippen LogP contribution is -2.45. The third-order valence-corrected chi connectivity index (χ3v) is 8.44. The monoisotopic (exact) mass is 593 g/mol. The van der Waals surface area contributed by atoms with Crippen molar-refractivity contribution < 1.29 is 22.7 Å². The third kappa shape index (κ3) is 9.38. The third-order valence-electron chi connectivity index (χ3n) is 7.13. The predicted molar refractivity (Wildman–Crippen MR) is 166 cm³/mol. The number of ether oxygens (including phenoxy) is 1. The van der Waals surface area contributed by atoms with Crippen molar-refractivity contribution in [2.75, 3.05) is 55.9 Å². The van der Waals surface area contributed by atoms with Gasteiger partial charge in [0.05, 0.1) is 18.1 Å². The van der Waals surface area contributed by atoms with Crippen LogP contribution in [0.3, 0.4) is 0 Å². The number of carbonyl (C=O) groups excluding carboxylic acids is 2. The molecule has 0 radical (unpaired) electrons. The van der Waals surface area contributed by atoms with Gasteiger partial charge in [0.15, 0.2) is 0 Å². The molecule has 0 aromatic heterocycles. The molecule has 1 aliphatic heterocycles. The van der Waals surface area contributed by atoms with Gasteiger partial charge in [0, 0.05) is 43.9 Å². The van der Waals surface area contributed by atoms with E-state index in [0.29, 0.717) is 50.4 Å². The highest BCUT2D eigenvalue weighted by Gasteiger charge is 2.25. The number of para-hydroxylation sites is 2. The van der Waals surface area contributed by atoms with Crippen molar-refractivity contribution in [3.63, 3.8) is 0 Å². The molecular weight excluding hydrogens is 554 g/mol. The summed E-state index contributed by atoms with van der Waals surface area (Å²) < 4.78 is 32.9. The molecule has 0 spiro atoms. The number of rotatable bonds is 13. The molecule has 1 fully saturated rings. The van der Waals surface area contributed by atoms with E-state index in [4.69, 9.17) is 4.74 Å². The summed E-state index contributed by atoms with van der Waals surface area (Å²) in [6, 6.07) is 26.5. The molecule has 0 unspecified atom stereocenters. The minimum atomic E-state index is -3.53. The molecule has 1 saturated heterocycles. The number of carbonyl (C=O) groups is 2. The Kier molecular flexibility index (Phi) is 11.5. The molecule has 0 aliphatic carbocycles. The molecule has 1 heterocycles. The van der Waals surface area contributed by atoms with Gasteiger partial charge >= 0.3 is 6.09 Å². The van der Waals surface area contributed by atoms with Crippen LogP contribution in [-0.4, -0.2) is 77.1 Å². The highest BCUT2D eigenvalue weighted by molar-refractivity contribution is 7.89. The van der Waals surface area contributed by atoms with Crippen molar-refractivity contribution in [1.82, 2.24) is 14.9 Å². The van der Waals surface area contributed by atoms with E-state index in [1.54, 1.807) is 19.2 Å². The first-order chi connectivity index (χ1) is 20.3. The first kappa shape index (κ1) is 31.2. The second kappa shape index (κ2) is 15.5. The van der Waals surface area contributed by atoms with Gasteiger partial charge < -0.3 is 15.0 Å². The molecule has 2 amide bonds. The van der Waals surface area contributed by atoms with Crippen LogP contribution in [0.25, 0.3) is 11.1 Å². The zero-order valence-corrected chi connectivity index (χ0v) is 24.7. The molecule has 42 heavy (non-hydrogen) atoms. The lowest BCUT2D eigenvalue weighted by molar-refractivity contribution is -0.119. The normalized spacial score (nSPS) is 14.3. The second-order valence-corrected chi connectivity index (χ2v) is 12.0. The van der Waals surface area contributed by atoms with Gasteiger partial charge in [0.25, 0.3) is 0 Å².